The summed E-state index contributed by atoms with van der Waals surface area (Å²) in [6.45, 7) is 5.27. The van der Waals surface area contributed by atoms with Crippen molar-refractivity contribution in [1.82, 2.24) is 4.90 Å². The van der Waals surface area contributed by atoms with Gasteiger partial charge in [-0.25, -0.2) is 4.39 Å². The Morgan fingerprint density at radius 3 is 2.43 bits per heavy atom. The summed E-state index contributed by atoms with van der Waals surface area (Å²) in [6.07, 6.45) is 0.603. The molecule has 1 heterocycles. The highest BCUT2D eigenvalue weighted by Crippen LogP contribution is 2.35. The van der Waals surface area contributed by atoms with Crippen LogP contribution in [0.25, 0.3) is 5.57 Å². The molecular weight excluding hydrogens is 317 g/mol. The second-order valence-electron chi connectivity index (χ2n) is 4.96. The van der Waals surface area contributed by atoms with E-state index in [1.54, 1.807) is 0 Å². The third-order valence-corrected chi connectivity index (χ3v) is 4.38. The van der Waals surface area contributed by atoms with Crippen molar-refractivity contribution in [2.75, 3.05) is 25.5 Å². The van der Waals surface area contributed by atoms with E-state index in [9.17, 15) is 14.0 Å². The molecule has 0 spiro atoms. The molecule has 0 saturated heterocycles. The molecular formula is C17H20FNO3S. The number of thioether (sulfide) groups is 1. The summed E-state index contributed by atoms with van der Waals surface area (Å²) < 4.78 is 18.4. The van der Waals surface area contributed by atoms with Crippen molar-refractivity contribution < 1.29 is 18.7 Å². The number of ether oxygens (including phenoxy) is 1. The van der Waals surface area contributed by atoms with Gasteiger partial charge < -0.3 is 4.74 Å². The summed E-state index contributed by atoms with van der Waals surface area (Å²) in [7, 11) is 0. The highest BCUT2D eigenvalue weighted by atomic mass is 32.2. The van der Waals surface area contributed by atoms with Crippen LogP contribution in [0.4, 0.5) is 4.39 Å². The van der Waals surface area contributed by atoms with Crippen molar-refractivity contribution in [3.05, 3.63) is 40.6 Å². The first-order valence-electron chi connectivity index (χ1n) is 7.67. The lowest BCUT2D eigenvalue weighted by molar-refractivity contribution is -0.136. The number of carbonyl (C=O) groups excluding carboxylic acids is 2. The first-order valence-corrected chi connectivity index (χ1v) is 8.65. The SMILES string of the molecule is CCOCCCN1C(=O)C(SCC)=C(c2ccc(F)cc2)C1=O. The van der Waals surface area contributed by atoms with E-state index >= 15 is 0 Å². The zero-order valence-electron chi connectivity index (χ0n) is 13.3. The van der Waals surface area contributed by atoms with Crippen LogP contribution < -0.4 is 0 Å². The van der Waals surface area contributed by atoms with Crippen molar-refractivity contribution in [3.63, 3.8) is 0 Å². The monoisotopic (exact) mass is 337 g/mol. The fourth-order valence-electron chi connectivity index (χ4n) is 2.38. The van der Waals surface area contributed by atoms with Crippen LogP contribution in [0.3, 0.4) is 0 Å². The number of nitrogens with zero attached hydrogens (tertiary/aromatic N) is 1. The van der Waals surface area contributed by atoms with Gasteiger partial charge in [0, 0.05) is 19.8 Å². The molecule has 0 N–H and O–H groups in total. The number of amides is 2. The minimum absolute atomic E-state index is 0.266. The van der Waals surface area contributed by atoms with Crippen LogP contribution in [-0.2, 0) is 14.3 Å². The Bertz CT molecular complexity index is 613. The average Bonchev–Trinajstić information content (AvgIpc) is 2.77. The third-order valence-electron chi connectivity index (χ3n) is 3.42. The smallest absolute Gasteiger partial charge is 0.267 e. The van der Waals surface area contributed by atoms with Crippen LogP contribution in [-0.4, -0.2) is 42.2 Å². The summed E-state index contributed by atoms with van der Waals surface area (Å²) in [5, 5.41) is 0. The largest absolute Gasteiger partial charge is 0.382 e. The molecule has 0 atom stereocenters. The molecule has 2 rings (SSSR count). The van der Waals surface area contributed by atoms with Crippen LogP contribution in [0.15, 0.2) is 29.2 Å². The molecule has 2 amide bonds. The normalized spacial score (nSPS) is 15.0. The standard InChI is InChI=1S/C17H20FNO3S/c1-3-22-11-5-10-19-16(20)14(15(17(19)21)23-4-2)12-6-8-13(18)9-7-12/h6-9H,3-5,10-11H2,1-2H3. The second-order valence-corrected chi connectivity index (χ2v) is 6.23. The molecule has 1 aromatic carbocycles. The summed E-state index contributed by atoms with van der Waals surface area (Å²) in [6, 6.07) is 5.67. The lowest BCUT2D eigenvalue weighted by Crippen LogP contribution is -2.33. The minimum Gasteiger partial charge on any atom is -0.382 e. The lowest BCUT2D eigenvalue weighted by atomic mass is 10.1. The molecule has 1 aromatic rings. The van der Waals surface area contributed by atoms with Gasteiger partial charge in [-0.2, -0.15) is 0 Å². The topological polar surface area (TPSA) is 46.6 Å². The molecule has 0 bridgehead atoms. The van der Waals surface area contributed by atoms with Crippen LogP contribution in [0.1, 0.15) is 25.8 Å². The lowest BCUT2D eigenvalue weighted by Gasteiger charge is -2.14. The molecule has 0 radical (unpaired) electrons. The number of benzene rings is 1. The van der Waals surface area contributed by atoms with Crippen LogP contribution >= 0.6 is 11.8 Å². The molecule has 0 unspecified atom stereocenters. The molecule has 0 saturated carbocycles. The van der Waals surface area contributed by atoms with E-state index in [-0.39, 0.29) is 17.6 Å². The molecule has 0 aliphatic carbocycles. The van der Waals surface area contributed by atoms with Crippen LogP contribution in [0.5, 0.6) is 0 Å². The Morgan fingerprint density at radius 2 is 1.83 bits per heavy atom. The van der Waals surface area contributed by atoms with Crippen molar-refractivity contribution in [1.29, 1.82) is 0 Å². The Hall–Kier alpha value is -1.66. The predicted molar refractivity (Wildman–Crippen MR) is 89.3 cm³/mol. The van der Waals surface area contributed by atoms with E-state index in [1.165, 1.54) is 40.9 Å². The van der Waals surface area contributed by atoms with E-state index < -0.39 is 0 Å². The average molecular weight is 337 g/mol. The van der Waals surface area contributed by atoms with Crippen molar-refractivity contribution >= 4 is 29.1 Å². The van der Waals surface area contributed by atoms with Gasteiger partial charge in [-0.15, -0.1) is 11.8 Å². The van der Waals surface area contributed by atoms with Crippen LogP contribution in [0.2, 0.25) is 0 Å². The summed E-state index contributed by atoms with van der Waals surface area (Å²) in [4.78, 5) is 26.9. The van der Waals surface area contributed by atoms with E-state index in [4.69, 9.17) is 4.74 Å². The zero-order valence-corrected chi connectivity index (χ0v) is 14.1. The number of hydrogen-bond donors (Lipinski definition) is 0. The molecule has 0 aromatic heterocycles. The first-order chi connectivity index (χ1) is 11.1. The molecule has 4 nitrogen and oxygen atoms in total. The highest BCUT2D eigenvalue weighted by Gasteiger charge is 2.38. The van der Waals surface area contributed by atoms with Crippen molar-refractivity contribution in [3.8, 4) is 0 Å². The van der Waals surface area contributed by atoms with Gasteiger partial charge in [0.05, 0.1) is 10.5 Å². The quantitative estimate of drug-likeness (QED) is 0.540. The molecule has 1 aliphatic heterocycles. The van der Waals surface area contributed by atoms with Crippen molar-refractivity contribution in [2.24, 2.45) is 0 Å². The Kier molecular flexibility index (Phi) is 6.36. The fourth-order valence-corrected chi connectivity index (χ4v) is 3.25. The van der Waals surface area contributed by atoms with Crippen LogP contribution in [0, 0.1) is 5.82 Å². The third kappa shape index (κ3) is 4.00. The minimum atomic E-state index is -0.371. The Labute approximate surface area is 139 Å². The molecule has 23 heavy (non-hydrogen) atoms. The zero-order chi connectivity index (χ0) is 16.8. The van der Waals surface area contributed by atoms with E-state index in [0.29, 0.717) is 48.0 Å². The molecule has 0 fully saturated rings. The van der Waals surface area contributed by atoms with Gasteiger partial charge in [0.15, 0.2) is 0 Å². The van der Waals surface area contributed by atoms with E-state index in [2.05, 4.69) is 0 Å². The highest BCUT2D eigenvalue weighted by molar-refractivity contribution is 8.04. The van der Waals surface area contributed by atoms with Gasteiger partial charge in [0.1, 0.15) is 5.82 Å². The van der Waals surface area contributed by atoms with E-state index in [1.807, 2.05) is 13.8 Å². The molecule has 1 aliphatic rings. The molecule has 124 valence electrons. The number of hydrogen-bond acceptors (Lipinski definition) is 4. The fraction of sp³-hybridized carbons (Fsp3) is 0.412. The summed E-state index contributed by atoms with van der Waals surface area (Å²) in [5.41, 5.74) is 0.950. The Morgan fingerprint density at radius 1 is 1.13 bits per heavy atom. The maximum Gasteiger partial charge on any atom is 0.267 e. The van der Waals surface area contributed by atoms with Crippen molar-refractivity contribution in [2.45, 2.75) is 20.3 Å². The van der Waals surface area contributed by atoms with Gasteiger partial charge >= 0.3 is 0 Å². The molecule has 6 heteroatoms. The van der Waals surface area contributed by atoms with Gasteiger partial charge in [-0.3, -0.25) is 14.5 Å². The predicted octanol–water partition coefficient (Wildman–Crippen LogP) is 3.09. The number of rotatable bonds is 8. The van der Waals surface area contributed by atoms with E-state index in [0.717, 1.165) is 0 Å². The van der Waals surface area contributed by atoms with Gasteiger partial charge in [0.25, 0.3) is 11.8 Å². The van der Waals surface area contributed by atoms with Gasteiger partial charge in [0.2, 0.25) is 0 Å². The number of halogens is 1. The maximum absolute atomic E-state index is 13.1. The van der Waals surface area contributed by atoms with Gasteiger partial charge in [-0.05, 0) is 36.8 Å². The second kappa shape index (κ2) is 8.26. The Balaban J connectivity index is 2.24. The number of carbonyl (C=O) groups is 2. The van der Waals surface area contributed by atoms with Gasteiger partial charge in [-0.1, -0.05) is 19.1 Å². The summed E-state index contributed by atoms with van der Waals surface area (Å²) >= 11 is 1.35. The number of imide groups is 1. The maximum atomic E-state index is 13.1. The first kappa shape index (κ1) is 17.7. The summed E-state index contributed by atoms with van der Waals surface area (Å²) in [5.74, 6) is -0.262.